The summed E-state index contributed by atoms with van der Waals surface area (Å²) in [6.45, 7) is 6.31. The number of carbonyl (C=O) groups excluding carboxylic acids is 1. The Morgan fingerprint density at radius 2 is 2.31 bits per heavy atom. The van der Waals surface area contributed by atoms with E-state index in [1.165, 1.54) is 6.42 Å². The Morgan fingerprint density at radius 3 is 2.88 bits per heavy atom. The number of hydrogen-bond donors (Lipinski definition) is 1. The van der Waals surface area contributed by atoms with Crippen LogP contribution in [-0.2, 0) is 4.79 Å². The van der Waals surface area contributed by atoms with E-state index >= 15 is 0 Å². The molecule has 2 fully saturated rings. The van der Waals surface area contributed by atoms with Gasteiger partial charge in [0.2, 0.25) is 5.91 Å². The highest BCUT2D eigenvalue weighted by Crippen LogP contribution is 2.55. The fraction of sp³-hybridized carbons (Fsp3) is 0.923. The number of hydrogen-bond acceptors (Lipinski definition) is 2. The van der Waals surface area contributed by atoms with Crippen LogP contribution in [0.5, 0.6) is 0 Å². The van der Waals surface area contributed by atoms with Crippen molar-refractivity contribution in [3.63, 3.8) is 0 Å². The lowest BCUT2D eigenvalue weighted by Gasteiger charge is -2.33. The summed E-state index contributed by atoms with van der Waals surface area (Å²) in [5.74, 6) is 0.720. The predicted octanol–water partition coefficient (Wildman–Crippen LogP) is 1.63. The van der Waals surface area contributed by atoms with Gasteiger partial charge in [0.15, 0.2) is 0 Å². The average molecular weight is 224 g/mol. The molecule has 3 nitrogen and oxygen atoms in total. The number of nitrogens with one attached hydrogen (secondary N) is 1. The molecule has 1 aliphatic heterocycles. The minimum absolute atomic E-state index is 0.309. The first-order valence-electron chi connectivity index (χ1n) is 6.57. The third-order valence-corrected chi connectivity index (χ3v) is 4.60. The molecule has 0 bridgehead atoms. The second-order valence-corrected chi connectivity index (χ2v) is 5.68. The molecule has 3 atom stereocenters. The van der Waals surface area contributed by atoms with Gasteiger partial charge in [-0.15, -0.1) is 0 Å². The van der Waals surface area contributed by atoms with Crippen molar-refractivity contribution in [1.82, 2.24) is 10.2 Å². The first kappa shape index (κ1) is 11.9. The Labute approximate surface area is 98.6 Å². The predicted molar refractivity (Wildman–Crippen MR) is 65.2 cm³/mol. The van der Waals surface area contributed by atoms with Crippen LogP contribution in [0.1, 0.15) is 39.5 Å². The number of amides is 1. The van der Waals surface area contributed by atoms with Gasteiger partial charge in [-0.3, -0.25) is 4.79 Å². The van der Waals surface area contributed by atoms with Crippen LogP contribution in [0.15, 0.2) is 0 Å². The SMILES string of the molecule is CCC1(C)CC1C(=O)N1CCCC(NC)C1. The molecule has 0 aromatic heterocycles. The van der Waals surface area contributed by atoms with E-state index in [0.29, 0.717) is 23.3 Å². The lowest BCUT2D eigenvalue weighted by molar-refractivity contribution is -0.134. The van der Waals surface area contributed by atoms with Crippen molar-refractivity contribution in [3.8, 4) is 0 Å². The molecule has 2 aliphatic rings. The number of nitrogens with zero attached hydrogens (tertiary/aromatic N) is 1. The number of likely N-dealkylation sites (tertiary alicyclic amines) is 1. The molecule has 92 valence electrons. The zero-order valence-corrected chi connectivity index (χ0v) is 10.8. The van der Waals surface area contributed by atoms with E-state index in [1.54, 1.807) is 0 Å². The van der Waals surface area contributed by atoms with Crippen LogP contribution >= 0.6 is 0 Å². The van der Waals surface area contributed by atoms with Gasteiger partial charge < -0.3 is 10.2 Å². The van der Waals surface area contributed by atoms with Crippen LogP contribution in [0.25, 0.3) is 0 Å². The van der Waals surface area contributed by atoms with Crippen molar-refractivity contribution in [2.45, 2.75) is 45.6 Å². The maximum absolute atomic E-state index is 12.3. The summed E-state index contributed by atoms with van der Waals surface area (Å²) in [4.78, 5) is 14.4. The summed E-state index contributed by atoms with van der Waals surface area (Å²) in [6, 6.07) is 0.504. The molecule has 1 saturated carbocycles. The van der Waals surface area contributed by atoms with Crippen LogP contribution in [0.2, 0.25) is 0 Å². The largest absolute Gasteiger partial charge is 0.341 e. The topological polar surface area (TPSA) is 32.3 Å². The fourth-order valence-electron chi connectivity index (χ4n) is 2.82. The van der Waals surface area contributed by atoms with Gasteiger partial charge >= 0.3 is 0 Å². The molecule has 3 unspecified atom stereocenters. The molecular weight excluding hydrogens is 200 g/mol. The molecule has 1 aliphatic carbocycles. The summed E-state index contributed by atoms with van der Waals surface area (Å²) < 4.78 is 0. The highest BCUT2D eigenvalue weighted by molar-refractivity contribution is 5.82. The van der Waals surface area contributed by atoms with Crippen molar-refractivity contribution in [2.75, 3.05) is 20.1 Å². The third kappa shape index (κ3) is 2.10. The van der Waals surface area contributed by atoms with E-state index in [-0.39, 0.29) is 0 Å². The molecule has 0 aromatic carbocycles. The van der Waals surface area contributed by atoms with E-state index in [9.17, 15) is 4.79 Å². The maximum Gasteiger partial charge on any atom is 0.226 e. The summed E-state index contributed by atoms with van der Waals surface area (Å²) in [5, 5.41) is 3.29. The van der Waals surface area contributed by atoms with Gasteiger partial charge in [0.1, 0.15) is 0 Å². The summed E-state index contributed by atoms with van der Waals surface area (Å²) >= 11 is 0. The fourth-order valence-corrected chi connectivity index (χ4v) is 2.82. The smallest absolute Gasteiger partial charge is 0.226 e. The van der Waals surface area contributed by atoms with Crippen molar-refractivity contribution < 1.29 is 4.79 Å². The van der Waals surface area contributed by atoms with Gasteiger partial charge in [0.25, 0.3) is 0 Å². The van der Waals surface area contributed by atoms with Gasteiger partial charge in [0, 0.05) is 25.0 Å². The van der Waals surface area contributed by atoms with Crippen molar-refractivity contribution >= 4 is 5.91 Å². The Kier molecular flexibility index (Phi) is 3.24. The molecule has 1 amide bonds. The minimum Gasteiger partial charge on any atom is -0.341 e. The molecule has 0 radical (unpaired) electrons. The Balaban J connectivity index is 1.91. The standard InChI is InChI=1S/C13H24N2O/c1-4-13(2)8-11(13)12(16)15-7-5-6-10(9-15)14-3/h10-11,14H,4-9H2,1-3H3. The van der Waals surface area contributed by atoms with Gasteiger partial charge in [-0.1, -0.05) is 13.8 Å². The minimum atomic E-state index is 0.309. The molecule has 0 spiro atoms. The maximum atomic E-state index is 12.3. The van der Waals surface area contributed by atoms with E-state index in [0.717, 1.165) is 32.4 Å². The van der Waals surface area contributed by atoms with Crippen LogP contribution in [0.4, 0.5) is 0 Å². The van der Waals surface area contributed by atoms with Gasteiger partial charge in [-0.2, -0.15) is 0 Å². The molecule has 1 saturated heterocycles. The normalized spacial score (nSPS) is 38.6. The number of carbonyl (C=O) groups is 1. The number of likely N-dealkylation sites (N-methyl/N-ethyl adjacent to an activating group) is 1. The highest BCUT2D eigenvalue weighted by Gasteiger charge is 2.54. The van der Waals surface area contributed by atoms with Gasteiger partial charge in [0.05, 0.1) is 0 Å². The van der Waals surface area contributed by atoms with Crippen LogP contribution < -0.4 is 5.32 Å². The highest BCUT2D eigenvalue weighted by atomic mass is 16.2. The Bertz CT molecular complexity index is 279. The summed E-state index contributed by atoms with van der Waals surface area (Å²) in [5.41, 5.74) is 0.309. The van der Waals surface area contributed by atoms with Crippen molar-refractivity contribution in [1.29, 1.82) is 0 Å². The summed E-state index contributed by atoms with van der Waals surface area (Å²) in [7, 11) is 1.99. The second-order valence-electron chi connectivity index (χ2n) is 5.68. The zero-order chi connectivity index (χ0) is 11.8. The lowest BCUT2D eigenvalue weighted by atomic mass is 10.0. The monoisotopic (exact) mass is 224 g/mol. The molecule has 0 aromatic rings. The van der Waals surface area contributed by atoms with E-state index < -0.39 is 0 Å². The van der Waals surface area contributed by atoms with E-state index in [2.05, 4.69) is 24.1 Å². The van der Waals surface area contributed by atoms with Gasteiger partial charge in [-0.05, 0) is 38.1 Å². The third-order valence-electron chi connectivity index (χ3n) is 4.60. The number of rotatable bonds is 3. The molecular formula is C13H24N2O. The first-order chi connectivity index (χ1) is 7.60. The Morgan fingerprint density at radius 1 is 1.56 bits per heavy atom. The number of piperidine rings is 1. The molecule has 2 rings (SSSR count). The van der Waals surface area contributed by atoms with E-state index in [1.807, 2.05) is 7.05 Å². The van der Waals surface area contributed by atoms with Crippen LogP contribution in [0, 0.1) is 11.3 Å². The van der Waals surface area contributed by atoms with Gasteiger partial charge in [-0.25, -0.2) is 0 Å². The summed E-state index contributed by atoms with van der Waals surface area (Å²) in [6.07, 6.45) is 4.58. The van der Waals surface area contributed by atoms with Crippen LogP contribution in [-0.4, -0.2) is 37.0 Å². The molecule has 1 N–H and O–H groups in total. The zero-order valence-electron chi connectivity index (χ0n) is 10.8. The Hall–Kier alpha value is -0.570. The lowest BCUT2D eigenvalue weighted by Crippen LogP contribution is -2.47. The quantitative estimate of drug-likeness (QED) is 0.790. The van der Waals surface area contributed by atoms with E-state index in [4.69, 9.17) is 0 Å². The van der Waals surface area contributed by atoms with Crippen LogP contribution in [0.3, 0.4) is 0 Å². The first-order valence-corrected chi connectivity index (χ1v) is 6.57. The molecule has 1 heterocycles. The van der Waals surface area contributed by atoms with Crippen molar-refractivity contribution in [3.05, 3.63) is 0 Å². The molecule has 16 heavy (non-hydrogen) atoms. The average Bonchev–Trinajstić information content (AvgIpc) is 3.01. The second kappa shape index (κ2) is 4.36. The molecule has 3 heteroatoms. The van der Waals surface area contributed by atoms with Crippen molar-refractivity contribution in [2.24, 2.45) is 11.3 Å².